The lowest BCUT2D eigenvalue weighted by Gasteiger charge is -2.21. The first-order valence-corrected chi connectivity index (χ1v) is 7.83. The average Bonchev–Trinajstić information content (AvgIpc) is 2.49. The van der Waals surface area contributed by atoms with Crippen LogP contribution in [-0.2, 0) is 5.41 Å². The minimum Gasteiger partial charge on any atom is -0.506 e. The minimum absolute atomic E-state index is 0.0836. The molecule has 1 heterocycles. The van der Waals surface area contributed by atoms with Crippen LogP contribution < -0.4 is 5.32 Å². The van der Waals surface area contributed by atoms with Gasteiger partial charge in [-0.05, 0) is 42.9 Å². The molecule has 23 heavy (non-hydrogen) atoms. The van der Waals surface area contributed by atoms with Crippen LogP contribution in [-0.4, -0.2) is 15.2 Å². The summed E-state index contributed by atoms with van der Waals surface area (Å²) in [6.45, 7) is 11.9. The highest BCUT2D eigenvalue weighted by Crippen LogP contribution is 2.30. The first-order valence-electron chi connectivity index (χ1n) is 7.83. The van der Waals surface area contributed by atoms with E-state index in [4.69, 9.17) is 0 Å². The van der Waals surface area contributed by atoms with Crippen molar-refractivity contribution < 1.29 is 10.2 Å². The fourth-order valence-electron chi connectivity index (χ4n) is 2.45. The summed E-state index contributed by atoms with van der Waals surface area (Å²) < 4.78 is 0. The Morgan fingerprint density at radius 3 is 2.09 bits per heavy atom. The molecule has 0 saturated carbocycles. The predicted molar refractivity (Wildman–Crippen MR) is 93.8 cm³/mol. The van der Waals surface area contributed by atoms with Gasteiger partial charge in [-0.1, -0.05) is 45.0 Å². The molecule has 0 aliphatic heterocycles. The van der Waals surface area contributed by atoms with Crippen LogP contribution in [0.5, 0.6) is 5.75 Å². The molecular weight excluding hydrogens is 288 g/mol. The van der Waals surface area contributed by atoms with Crippen molar-refractivity contribution in [3.63, 3.8) is 0 Å². The Kier molecular flexibility index (Phi) is 4.66. The zero-order chi connectivity index (χ0) is 17.4. The molecule has 0 bridgehead atoms. The summed E-state index contributed by atoms with van der Waals surface area (Å²) >= 11 is 0. The van der Waals surface area contributed by atoms with Gasteiger partial charge >= 0.3 is 0 Å². The van der Waals surface area contributed by atoms with Gasteiger partial charge in [0.1, 0.15) is 11.6 Å². The number of aliphatic hydroxyl groups is 1. The molecule has 3 N–H and O–H groups in total. The van der Waals surface area contributed by atoms with Gasteiger partial charge in [-0.3, -0.25) is 0 Å². The molecule has 0 amide bonds. The molecule has 4 heteroatoms. The highest BCUT2D eigenvalue weighted by Gasteiger charge is 2.16. The third kappa shape index (κ3) is 3.64. The minimum atomic E-state index is -0.849. The standard InChI is InChI=1S/C19H26N2O2/c1-11-12(2)17(20-13(3)16(11)22)21-18(23)14-7-9-15(10-8-14)19(4,5)6/h7-10,18,22-23H,1-6H3,(H,20,21). The van der Waals surface area contributed by atoms with Crippen LogP contribution in [0.1, 0.15) is 54.9 Å². The zero-order valence-corrected chi connectivity index (χ0v) is 14.7. The number of nitrogens with zero attached hydrogens (tertiary/aromatic N) is 1. The Bertz CT molecular complexity index is 701. The van der Waals surface area contributed by atoms with E-state index in [1.54, 1.807) is 6.92 Å². The fraction of sp³-hybridized carbons (Fsp3) is 0.421. The van der Waals surface area contributed by atoms with Gasteiger partial charge in [-0.2, -0.15) is 0 Å². The number of anilines is 1. The maximum absolute atomic E-state index is 10.4. The lowest BCUT2D eigenvalue weighted by Crippen LogP contribution is -2.14. The van der Waals surface area contributed by atoms with Crippen molar-refractivity contribution in [3.05, 3.63) is 52.2 Å². The van der Waals surface area contributed by atoms with Crippen LogP contribution in [0.25, 0.3) is 0 Å². The number of hydrogen-bond donors (Lipinski definition) is 3. The second-order valence-corrected chi connectivity index (χ2v) is 7.06. The summed E-state index contributed by atoms with van der Waals surface area (Å²) in [4.78, 5) is 4.33. The SMILES string of the molecule is Cc1nc(NC(O)c2ccc(C(C)(C)C)cc2)c(C)c(C)c1O. The maximum Gasteiger partial charge on any atom is 0.151 e. The Balaban J connectivity index is 2.24. The van der Waals surface area contributed by atoms with Gasteiger partial charge in [0, 0.05) is 5.56 Å². The lowest BCUT2D eigenvalue weighted by molar-refractivity contribution is 0.207. The first kappa shape index (κ1) is 17.3. The van der Waals surface area contributed by atoms with E-state index >= 15 is 0 Å². The topological polar surface area (TPSA) is 65.4 Å². The number of pyridine rings is 1. The normalized spacial score (nSPS) is 13.0. The third-order valence-electron chi connectivity index (χ3n) is 4.26. The molecule has 124 valence electrons. The Labute approximate surface area is 138 Å². The van der Waals surface area contributed by atoms with Crippen LogP contribution in [0.4, 0.5) is 5.82 Å². The lowest BCUT2D eigenvalue weighted by atomic mass is 9.86. The smallest absolute Gasteiger partial charge is 0.151 e. The van der Waals surface area contributed by atoms with E-state index in [1.165, 1.54) is 5.56 Å². The molecule has 0 radical (unpaired) electrons. The van der Waals surface area contributed by atoms with Crippen LogP contribution in [0.2, 0.25) is 0 Å². The number of aliphatic hydroxyl groups excluding tert-OH is 1. The number of aromatic hydroxyl groups is 1. The molecular formula is C19H26N2O2. The maximum atomic E-state index is 10.4. The Hall–Kier alpha value is -2.07. The number of aryl methyl sites for hydroxylation is 1. The Morgan fingerprint density at radius 1 is 1.00 bits per heavy atom. The van der Waals surface area contributed by atoms with Crippen molar-refractivity contribution in [2.24, 2.45) is 0 Å². The summed E-state index contributed by atoms with van der Waals surface area (Å²) in [5.41, 5.74) is 4.24. The number of aromatic nitrogens is 1. The quantitative estimate of drug-likeness (QED) is 0.746. The van der Waals surface area contributed by atoms with Gasteiger partial charge in [0.05, 0.1) is 5.69 Å². The third-order valence-corrected chi connectivity index (χ3v) is 4.26. The van der Waals surface area contributed by atoms with Crippen LogP contribution in [0.15, 0.2) is 24.3 Å². The van der Waals surface area contributed by atoms with Crippen molar-refractivity contribution in [1.29, 1.82) is 0 Å². The molecule has 0 spiro atoms. The summed E-state index contributed by atoms with van der Waals surface area (Å²) in [6.07, 6.45) is -0.849. The van der Waals surface area contributed by atoms with E-state index in [9.17, 15) is 10.2 Å². The van der Waals surface area contributed by atoms with Crippen molar-refractivity contribution in [2.45, 2.75) is 53.2 Å². The predicted octanol–water partition coefficient (Wildman–Crippen LogP) is 4.11. The molecule has 2 rings (SSSR count). The first-order chi connectivity index (χ1) is 10.6. The van der Waals surface area contributed by atoms with Gasteiger partial charge in [0.25, 0.3) is 0 Å². The molecule has 0 aliphatic rings. The van der Waals surface area contributed by atoms with Gasteiger partial charge in [0.2, 0.25) is 0 Å². The number of hydrogen-bond acceptors (Lipinski definition) is 4. The molecule has 1 aromatic heterocycles. The molecule has 1 atom stereocenters. The van der Waals surface area contributed by atoms with Crippen molar-refractivity contribution in [1.82, 2.24) is 4.98 Å². The van der Waals surface area contributed by atoms with E-state index in [0.717, 1.165) is 16.7 Å². The summed E-state index contributed by atoms with van der Waals surface area (Å²) in [7, 11) is 0. The van der Waals surface area contributed by atoms with E-state index in [0.29, 0.717) is 11.5 Å². The molecule has 0 fully saturated rings. The second kappa shape index (κ2) is 6.20. The molecule has 1 aromatic carbocycles. The largest absolute Gasteiger partial charge is 0.506 e. The van der Waals surface area contributed by atoms with E-state index < -0.39 is 6.23 Å². The van der Waals surface area contributed by atoms with Crippen molar-refractivity contribution in [2.75, 3.05) is 5.32 Å². The van der Waals surface area contributed by atoms with Gasteiger partial charge < -0.3 is 15.5 Å². The number of benzene rings is 1. The van der Waals surface area contributed by atoms with Gasteiger partial charge in [-0.15, -0.1) is 0 Å². The summed E-state index contributed by atoms with van der Waals surface area (Å²) in [6, 6.07) is 7.92. The molecule has 0 aliphatic carbocycles. The molecule has 2 aromatic rings. The molecule has 1 unspecified atom stereocenters. The highest BCUT2D eigenvalue weighted by atomic mass is 16.3. The van der Waals surface area contributed by atoms with Crippen molar-refractivity contribution in [3.8, 4) is 5.75 Å². The number of rotatable bonds is 3. The van der Waals surface area contributed by atoms with E-state index in [1.807, 2.05) is 38.1 Å². The van der Waals surface area contributed by atoms with Crippen LogP contribution in [0, 0.1) is 20.8 Å². The van der Waals surface area contributed by atoms with Gasteiger partial charge in [0.15, 0.2) is 6.23 Å². The van der Waals surface area contributed by atoms with E-state index in [-0.39, 0.29) is 11.2 Å². The Morgan fingerprint density at radius 2 is 1.57 bits per heavy atom. The van der Waals surface area contributed by atoms with Crippen LogP contribution in [0.3, 0.4) is 0 Å². The molecule has 0 saturated heterocycles. The fourth-order valence-corrected chi connectivity index (χ4v) is 2.45. The van der Waals surface area contributed by atoms with Crippen molar-refractivity contribution >= 4 is 5.82 Å². The molecule has 4 nitrogen and oxygen atoms in total. The van der Waals surface area contributed by atoms with Gasteiger partial charge in [-0.25, -0.2) is 4.98 Å². The monoisotopic (exact) mass is 314 g/mol. The number of nitrogens with one attached hydrogen (secondary N) is 1. The van der Waals surface area contributed by atoms with Crippen LogP contribution >= 0.6 is 0 Å². The summed E-state index contributed by atoms with van der Waals surface area (Å²) in [5.74, 6) is 0.794. The average molecular weight is 314 g/mol. The van der Waals surface area contributed by atoms with E-state index in [2.05, 4.69) is 31.1 Å². The second-order valence-electron chi connectivity index (χ2n) is 7.06. The zero-order valence-electron chi connectivity index (χ0n) is 14.7. The highest BCUT2D eigenvalue weighted by molar-refractivity contribution is 5.55. The summed E-state index contributed by atoms with van der Waals surface area (Å²) in [5, 5.41) is 23.4.